The number of fused-ring (bicyclic) bond motifs is 1. The number of amides is 1. The number of carbonyl (C=O) groups excluding carboxylic acids is 1. The third kappa shape index (κ3) is 2.80. The molecule has 0 saturated heterocycles. The summed E-state index contributed by atoms with van der Waals surface area (Å²) in [5.74, 6) is -1.00. The zero-order valence-corrected chi connectivity index (χ0v) is 13.9. The molecule has 2 aromatic heterocycles. The van der Waals surface area contributed by atoms with E-state index in [1.807, 2.05) is 13.2 Å². The van der Waals surface area contributed by atoms with Crippen LogP contribution in [-0.2, 0) is 11.8 Å². The first-order valence-electron chi connectivity index (χ1n) is 7.46. The molecule has 3 aromatic rings. The van der Waals surface area contributed by atoms with Gasteiger partial charge in [0.2, 0.25) is 5.91 Å². The Balaban J connectivity index is 1.85. The van der Waals surface area contributed by atoms with Crippen molar-refractivity contribution in [2.45, 2.75) is 5.25 Å². The Labute approximate surface area is 145 Å². The number of aryl methyl sites for hydroxylation is 1. The minimum absolute atomic E-state index is 0.0692. The van der Waals surface area contributed by atoms with Gasteiger partial charge in [-0.3, -0.25) is 9.48 Å². The highest BCUT2D eigenvalue weighted by molar-refractivity contribution is 8.00. The molecule has 0 unspecified atom stereocenters. The molecule has 1 aliphatic heterocycles. The molecule has 9 heteroatoms. The summed E-state index contributed by atoms with van der Waals surface area (Å²) in [6, 6.07) is 3.23. The van der Waals surface area contributed by atoms with Crippen LogP contribution >= 0.6 is 11.8 Å². The number of carbonyl (C=O) groups is 1. The number of aromatic nitrogens is 4. The minimum Gasteiger partial charge on any atom is -0.310 e. The molecule has 0 fully saturated rings. The summed E-state index contributed by atoms with van der Waals surface area (Å²) in [6.45, 7) is 0. The number of thioether (sulfide) groups is 1. The molecular formula is C16H13F2N5OS. The fraction of sp³-hybridized carbons (Fsp3) is 0.188. The minimum atomic E-state index is -0.755. The van der Waals surface area contributed by atoms with Crippen LogP contribution in [0.15, 0.2) is 36.8 Å². The Morgan fingerprint density at radius 2 is 2.12 bits per heavy atom. The summed E-state index contributed by atoms with van der Waals surface area (Å²) in [7, 11) is 1.81. The van der Waals surface area contributed by atoms with Gasteiger partial charge in [0.1, 0.15) is 17.3 Å². The molecule has 1 N–H and O–H groups in total. The summed E-state index contributed by atoms with van der Waals surface area (Å²) >= 11 is 1.44. The van der Waals surface area contributed by atoms with Gasteiger partial charge in [-0.25, -0.2) is 13.5 Å². The number of halogens is 2. The van der Waals surface area contributed by atoms with Crippen molar-refractivity contribution in [3.05, 3.63) is 59.6 Å². The van der Waals surface area contributed by atoms with Gasteiger partial charge in [-0.05, 0) is 12.1 Å². The Bertz CT molecular complexity index is 967. The summed E-state index contributed by atoms with van der Waals surface area (Å²) in [5, 5.41) is 11.0. The van der Waals surface area contributed by atoms with Gasteiger partial charge in [-0.2, -0.15) is 10.2 Å². The maximum Gasteiger partial charge on any atom is 0.235 e. The van der Waals surface area contributed by atoms with E-state index in [1.54, 1.807) is 17.1 Å². The molecule has 0 bridgehead atoms. The van der Waals surface area contributed by atoms with Gasteiger partial charge >= 0.3 is 0 Å². The lowest BCUT2D eigenvalue weighted by molar-refractivity contribution is -0.113. The van der Waals surface area contributed by atoms with Crippen molar-refractivity contribution in [1.29, 1.82) is 0 Å². The second kappa shape index (κ2) is 5.99. The highest BCUT2D eigenvalue weighted by atomic mass is 32.2. The zero-order valence-electron chi connectivity index (χ0n) is 13.1. The van der Waals surface area contributed by atoms with Gasteiger partial charge in [0, 0.05) is 30.4 Å². The zero-order chi connectivity index (χ0) is 17.6. The predicted molar refractivity (Wildman–Crippen MR) is 89.6 cm³/mol. The topological polar surface area (TPSA) is 64.7 Å². The molecule has 3 heterocycles. The van der Waals surface area contributed by atoms with Gasteiger partial charge in [0.25, 0.3) is 0 Å². The molecule has 0 spiro atoms. The van der Waals surface area contributed by atoms with Gasteiger partial charge < -0.3 is 5.32 Å². The summed E-state index contributed by atoms with van der Waals surface area (Å²) < 4.78 is 30.3. The van der Waals surface area contributed by atoms with E-state index < -0.39 is 11.6 Å². The van der Waals surface area contributed by atoms with E-state index in [9.17, 15) is 13.6 Å². The van der Waals surface area contributed by atoms with Gasteiger partial charge in [-0.1, -0.05) is 0 Å². The third-order valence-electron chi connectivity index (χ3n) is 3.88. The fourth-order valence-electron chi connectivity index (χ4n) is 2.78. The number of anilines is 1. The maximum absolute atomic E-state index is 14.2. The molecule has 1 atom stereocenters. The molecule has 0 aliphatic carbocycles. The number of hydrogen-bond acceptors (Lipinski definition) is 4. The van der Waals surface area contributed by atoms with Crippen LogP contribution in [0.5, 0.6) is 0 Å². The van der Waals surface area contributed by atoms with Crippen LogP contribution in [0.2, 0.25) is 0 Å². The second-order valence-corrected chi connectivity index (χ2v) is 6.74. The summed E-state index contributed by atoms with van der Waals surface area (Å²) in [4.78, 5) is 12.1. The smallest absolute Gasteiger partial charge is 0.235 e. The van der Waals surface area contributed by atoms with Crippen LogP contribution in [0.1, 0.15) is 16.4 Å². The second-order valence-electron chi connectivity index (χ2n) is 5.64. The molecule has 6 nitrogen and oxygen atoms in total. The maximum atomic E-state index is 14.2. The molecule has 128 valence electrons. The summed E-state index contributed by atoms with van der Waals surface area (Å²) in [5.41, 5.74) is 1.73. The van der Waals surface area contributed by atoms with Crippen LogP contribution < -0.4 is 5.32 Å². The fourth-order valence-corrected chi connectivity index (χ4v) is 3.84. The van der Waals surface area contributed by atoms with Gasteiger partial charge in [-0.15, -0.1) is 11.8 Å². The lowest BCUT2D eigenvalue weighted by Crippen LogP contribution is -2.16. The highest BCUT2D eigenvalue weighted by Crippen LogP contribution is 2.41. The van der Waals surface area contributed by atoms with Gasteiger partial charge in [0.15, 0.2) is 5.82 Å². The Morgan fingerprint density at radius 1 is 1.28 bits per heavy atom. The molecule has 0 saturated carbocycles. The lowest BCUT2D eigenvalue weighted by Gasteiger charge is -2.12. The molecule has 1 amide bonds. The van der Waals surface area contributed by atoms with E-state index >= 15 is 0 Å². The largest absolute Gasteiger partial charge is 0.310 e. The van der Waals surface area contributed by atoms with Gasteiger partial charge in [0.05, 0.1) is 23.4 Å². The van der Waals surface area contributed by atoms with E-state index in [1.165, 1.54) is 22.5 Å². The first-order chi connectivity index (χ1) is 12.0. The van der Waals surface area contributed by atoms with Crippen LogP contribution in [-0.4, -0.2) is 31.2 Å². The summed E-state index contributed by atoms with van der Waals surface area (Å²) in [6.07, 6.45) is 5.19. The standard InChI is InChI=1S/C16H13F2N5OS/c1-22-7-9(5-19-22)15-11-6-20-23(16(11)21-14(24)8-25-15)13-3-2-10(17)4-12(13)18/h2-7,15H,8H2,1H3,(H,21,24)/t15-/m1/s1. The Hall–Kier alpha value is -2.68. The normalized spacial score (nSPS) is 17.1. The van der Waals surface area contributed by atoms with Crippen LogP contribution in [0.3, 0.4) is 0 Å². The number of nitrogens with zero attached hydrogens (tertiary/aromatic N) is 4. The highest BCUT2D eigenvalue weighted by Gasteiger charge is 2.29. The van der Waals surface area contributed by atoms with E-state index in [0.717, 1.165) is 23.3 Å². The van der Waals surface area contributed by atoms with Crippen molar-refractivity contribution >= 4 is 23.5 Å². The molecule has 1 aromatic carbocycles. The average Bonchev–Trinajstić information content (AvgIpc) is 3.12. The van der Waals surface area contributed by atoms with Crippen molar-refractivity contribution < 1.29 is 13.6 Å². The molecule has 1 aliphatic rings. The Morgan fingerprint density at radius 3 is 2.84 bits per heavy atom. The van der Waals surface area contributed by atoms with Crippen molar-refractivity contribution in [3.8, 4) is 5.69 Å². The van der Waals surface area contributed by atoms with Crippen molar-refractivity contribution in [3.63, 3.8) is 0 Å². The third-order valence-corrected chi connectivity index (χ3v) is 5.17. The van der Waals surface area contributed by atoms with E-state index in [-0.39, 0.29) is 22.6 Å². The van der Waals surface area contributed by atoms with Crippen molar-refractivity contribution in [1.82, 2.24) is 19.6 Å². The quantitative estimate of drug-likeness (QED) is 0.762. The van der Waals surface area contributed by atoms with E-state index in [4.69, 9.17) is 0 Å². The monoisotopic (exact) mass is 361 g/mol. The molecule has 25 heavy (non-hydrogen) atoms. The van der Waals surface area contributed by atoms with E-state index in [2.05, 4.69) is 15.5 Å². The Kier molecular flexibility index (Phi) is 3.79. The SMILES string of the molecule is Cn1cc([C@H]2SCC(=O)Nc3c2cnn3-c2ccc(F)cc2F)cn1. The van der Waals surface area contributed by atoms with Crippen LogP contribution in [0, 0.1) is 11.6 Å². The molecule has 0 radical (unpaired) electrons. The average molecular weight is 361 g/mol. The molecule has 4 rings (SSSR count). The predicted octanol–water partition coefficient (Wildman–Crippen LogP) is 2.66. The number of benzene rings is 1. The first kappa shape index (κ1) is 15.8. The number of rotatable bonds is 2. The van der Waals surface area contributed by atoms with Crippen LogP contribution in [0.25, 0.3) is 5.69 Å². The van der Waals surface area contributed by atoms with Crippen molar-refractivity contribution in [2.24, 2.45) is 7.05 Å². The molecular weight excluding hydrogens is 348 g/mol. The lowest BCUT2D eigenvalue weighted by atomic mass is 10.1. The first-order valence-corrected chi connectivity index (χ1v) is 8.51. The van der Waals surface area contributed by atoms with Crippen LogP contribution in [0.4, 0.5) is 14.6 Å². The van der Waals surface area contributed by atoms with Crippen molar-refractivity contribution in [2.75, 3.05) is 11.1 Å². The number of hydrogen-bond donors (Lipinski definition) is 1. The van der Waals surface area contributed by atoms with E-state index in [0.29, 0.717) is 5.82 Å². The number of nitrogens with one attached hydrogen (secondary N) is 1.